The number of likely N-dealkylation sites (N-methyl/N-ethyl adjacent to an activating group) is 1. The predicted molar refractivity (Wildman–Crippen MR) is 68.8 cm³/mol. The van der Waals surface area contributed by atoms with Gasteiger partial charge >= 0.3 is 0 Å². The Hall–Kier alpha value is -0.610. The molecule has 0 saturated carbocycles. The first-order valence-electron chi connectivity index (χ1n) is 6.75. The molecule has 2 heterocycles. The summed E-state index contributed by atoms with van der Waals surface area (Å²) in [6.45, 7) is 6.02. The summed E-state index contributed by atoms with van der Waals surface area (Å²) in [7, 11) is 4.22. The van der Waals surface area contributed by atoms with Gasteiger partial charge in [-0.25, -0.2) is 0 Å². The van der Waals surface area contributed by atoms with Gasteiger partial charge < -0.3 is 15.1 Å². The average Bonchev–Trinajstić information content (AvgIpc) is 2.71. The third kappa shape index (κ3) is 2.80. The Bertz CT molecular complexity index is 274. The zero-order valence-electron chi connectivity index (χ0n) is 11.3. The highest BCUT2D eigenvalue weighted by Crippen LogP contribution is 2.23. The Morgan fingerprint density at radius 2 is 2.12 bits per heavy atom. The summed E-state index contributed by atoms with van der Waals surface area (Å²) in [5, 5.41) is 3.33. The van der Waals surface area contributed by atoms with Gasteiger partial charge in [0.05, 0.1) is 5.92 Å². The van der Waals surface area contributed by atoms with E-state index in [1.807, 2.05) is 0 Å². The Morgan fingerprint density at radius 1 is 1.35 bits per heavy atom. The molecule has 0 aromatic rings. The number of hydrogen-bond donors (Lipinski definition) is 1. The Kier molecular flexibility index (Phi) is 4.05. The normalized spacial score (nSPS) is 34.4. The molecule has 2 aliphatic rings. The van der Waals surface area contributed by atoms with Crippen molar-refractivity contribution in [1.29, 1.82) is 0 Å². The third-order valence-corrected chi connectivity index (χ3v) is 4.19. The molecule has 1 amide bonds. The summed E-state index contributed by atoms with van der Waals surface area (Å²) in [6.07, 6.45) is 2.19. The van der Waals surface area contributed by atoms with E-state index in [1.54, 1.807) is 0 Å². The number of nitrogens with zero attached hydrogens (tertiary/aromatic N) is 2. The van der Waals surface area contributed by atoms with E-state index in [0.717, 1.165) is 39.0 Å². The summed E-state index contributed by atoms with van der Waals surface area (Å²) in [4.78, 5) is 16.7. The number of nitrogens with one attached hydrogen (secondary N) is 1. The van der Waals surface area contributed by atoms with Gasteiger partial charge in [-0.2, -0.15) is 0 Å². The number of carbonyl (C=O) groups excluding carboxylic acids is 1. The zero-order chi connectivity index (χ0) is 12.4. The summed E-state index contributed by atoms with van der Waals surface area (Å²) in [6, 6.07) is 0.524. The van der Waals surface area contributed by atoms with E-state index < -0.39 is 0 Å². The SMILES string of the molecule is CC1CN(C(=O)[C@@H]2CCCNC2)CC1N(C)C. The first-order valence-corrected chi connectivity index (χ1v) is 6.75. The van der Waals surface area contributed by atoms with E-state index in [1.165, 1.54) is 0 Å². The molecule has 4 nitrogen and oxygen atoms in total. The largest absolute Gasteiger partial charge is 0.341 e. The van der Waals surface area contributed by atoms with Gasteiger partial charge in [-0.05, 0) is 39.4 Å². The fraction of sp³-hybridized carbons (Fsp3) is 0.923. The van der Waals surface area contributed by atoms with Crippen LogP contribution in [-0.4, -0.2) is 62.0 Å². The first kappa shape index (κ1) is 12.8. The molecule has 0 aliphatic carbocycles. The lowest BCUT2D eigenvalue weighted by Gasteiger charge is -2.27. The smallest absolute Gasteiger partial charge is 0.227 e. The molecule has 0 radical (unpaired) electrons. The van der Waals surface area contributed by atoms with Gasteiger partial charge in [0.2, 0.25) is 5.91 Å². The fourth-order valence-corrected chi connectivity index (χ4v) is 3.12. The van der Waals surface area contributed by atoms with Crippen molar-refractivity contribution in [3.05, 3.63) is 0 Å². The summed E-state index contributed by atoms with van der Waals surface area (Å²) in [5.74, 6) is 1.18. The summed E-state index contributed by atoms with van der Waals surface area (Å²) < 4.78 is 0. The van der Waals surface area contributed by atoms with Crippen LogP contribution in [0.3, 0.4) is 0 Å². The van der Waals surface area contributed by atoms with Crippen molar-refractivity contribution in [2.45, 2.75) is 25.8 Å². The highest BCUT2D eigenvalue weighted by Gasteiger charge is 2.36. The first-order chi connectivity index (χ1) is 8.09. The standard InChI is InChI=1S/C13H25N3O/c1-10-8-16(9-12(10)15(2)3)13(17)11-5-4-6-14-7-11/h10-12,14H,4-9H2,1-3H3/t10?,11-,12?/m1/s1. The maximum Gasteiger partial charge on any atom is 0.227 e. The molecule has 2 saturated heterocycles. The van der Waals surface area contributed by atoms with Crippen LogP contribution in [0.2, 0.25) is 0 Å². The fourth-order valence-electron chi connectivity index (χ4n) is 3.12. The molecule has 2 aliphatic heterocycles. The van der Waals surface area contributed by atoms with Crippen molar-refractivity contribution >= 4 is 5.91 Å². The van der Waals surface area contributed by atoms with Crippen molar-refractivity contribution in [2.75, 3.05) is 40.3 Å². The van der Waals surface area contributed by atoms with E-state index in [0.29, 0.717) is 17.9 Å². The van der Waals surface area contributed by atoms with Crippen LogP contribution in [0, 0.1) is 11.8 Å². The van der Waals surface area contributed by atoms with Crippen LogP contribution in [-0.2, 0) is 4.79 Å². The van der Waals surface area contributed by atoms with Gasteiger partial charge in [0.25, 0.3) is 0 Å². The number of amides is 1. The van der Waals surface area contributed by atoms with Crippen molar-refractivity contribution in [1.82, 2.24) is 15.1 Å². The van der Waals surface area contributed by atoms with Crippen LogP contribution < -0.4 is 5.32 Å². The van der Waals surface area contributed by atoms with Crippen molar-refractivity contribution in [2.24, 2.45) is 11.8 Å². The second-order valence-electron chi connectivity index (χ2n) is 5.79. The molecule has 2 rings (SSSR count). The van der Waals surface area contributed by atoms with Gasteiger partial charge in [-0.15, -0.1) is 0 Å². The van der Waals surface area contributed by atoms with E-state index in [2.05, 4.69) is 36.1 Å². The van der Waals surface area contributed by atoms with Gasteiger partial charge in [0.15, 0.2) is 0 Å². The maximum atomic E-state index is 12.4. The lowest BCUT2D eigenvalue weighted by molar-refractivity contribution is -0.135. The number of carbonyl (C=O) groups is 1. The van der Waals surface area contributed by atoms with Crippen molar-refractivity contribution in [3.8, 4) is 0 Å². The topological polar surface area (TPSA) is 35.6 Å². The molecule has 0 aromatic heterocycles. The molecule has 0 aromatic carbocycles. The molecule has 3 atom stereocenters. The second kappa shape index (κ2) is 5.36. The minimum Gasteiger partial charge on any atom is -0.341 e. The van der Waals surface area contributed by atoms with E-state index in [4.69, 9.17) is 0 Å². The number of piperidine rings is 1. The Morgan fingerprint density at radius 3 is 2.65 bits per heavy atom. The minimum atomic E-state index is 0.219. The van der Waals surface area contributed by atoms with Gasteiger partial charge in [0, 0.05) is 25.7 Å². The minimum absolute atomic E-state index is 0.219. The molecule has 2 unspecified atom stereocenters. The van der Waals surface area contributed by atoms with Gasteiger partial charge in [0.1, 0.15) is 0 Å². The lowest BCUT2D eigenvalue weighted by Crippen LogP contribution is -2.43. The molecule has 0 spiro atoms. The molecule has 98 valence electrons. The highest BCUT2D eigenvalue weighted by atomic mass is 16.2. The molecule has 1 N–H and O–H groups in total. The van der Waals surface area contributed by atoms with E-state index in [9.17, 15) is 4.79 Å². The van der Waals surface area contributed by atoms with Crippen LogP contribution in [0.15, 0.2) is 0 Å². The van der Waals surface area contributed by atoms with Crippen LogP contribution in [0.25, 0.3) is 0 Å². The third-order valence-electron chi connectivity index (χ3n) is 4.19. The summed E-state index contributed by atoms with van der Waals surface area (Å²) in [5.41, 5.74) is 0. The van der Waals surface area contributed by atoms with E-state index in [-0.39, 0.29) is 5.92 Å². The second-order valence-corrected chi connectivity index (χ2v) is 5.79. The quantitative estimate of drug-likeness (QED) is 0.757. The van der Waals surface area contributed by atoms with Crippen molar-refractivity contribution in [3.63, 3.8) is 0 Å². The van der Waals surface area contributed by atoms with Gasteiger partial charge in [-0.1, -0.05) is 6.92 Å². The van der Waals surface area contributed by atoms with E-state index >= 15 is 0 Å². The lowest BCUT2D eigenvalue weighted by atomic mass is 9.98. The summed E-state index contributed by atoms with van der Waals surface area (Å²) >= 11 is 0. The van der Waals surface area contributed by atoms with Crippen LogP contribution in [0.1, 0.15) is 19.8 Å². The van der Waals surface area contributed by atoms with Crippen LogP contribution >= 0.6 is 0 Å². The number of likely N-dealkylation sites (tertiary alicyclic amines) is 1. The molecular weight excluding hydrogens is 214 g/mol. The Balaban J connectivity index is 1.92. The highest BCUT2D eigenvalue weighted by molar-refractivity contribution is 5.79. The van der Waals surface area contributed by atoms with Gasteiger partial charge in [-0.3, -0.25) is 4.79 Å². The zero-order valence-corrected chi connectivity index (χ0v) is 11.3. The predicted octanol–water partition coefficient (Wildman–Crippen LogP) is 0.395. The number of hydrogen-bond acceptors (Lipinski definition) is 3. The van der Waals surface area contributed by atoms with Crippen LogP contribution in [0.5, 0.6) is 0 Å². The number of rotatable bonds is 2. The molecular formula is C13H25N3O. The molecule has 2 fully saturated rings. The molecule has 4 heteroatoms. The average molecular weight is 239 g/mol. The Labute approximate surface area is 104 Å². The van der Waals surface area contributed by atoms with Crippen molar-refractivity contribution < 1.29 is 4.79 Å². The molecule has 0 bridgehead atoms. The maximum absolute atomic E-state index is 12.4. The van der Waals surface area contributed by atoms with Crippen LogP contribution in [0.4, 0.5) is 0 Å². The molecule has 17 heavy (non-hydrogen) atoms. The monoisotopic (exact) mass is 239 g/mol.